The minimum Gasteiger partial charge on any atom is -0.497 e. The summed E-state index contributed by atoms with van der Waals surface area (Å²) in [5.41, 5.74) is 7.84. The minimum atomic E-state index is -0.840. The van der Waals surface area contributed by atoms with E-state index in [4.69, 9.17) is 4.74 Å². The third-order valence-corrected chi connectivity index (χ3v) is 9.18. The Morgan fingerprint density at radius 3 is 1.97 bits per heavy atom. The van der Waals surface area contributed by atoms with E-state index in [0.717, 1.165) is 54.0 Å². The number of para-hydroxylation sites is 2. The lowest BCUT2D eigenvalue weighted by Gasteiger charge is -2.55. The number of nitrogens with one attached hydrogen (secondary N) is 2. The van der Waals surface area contributed by atoms with Gasteiger partial charge in [0.15, 0.2) is 0 Å². The molecule has 0 radical (unpaired) electrons. The summed E-state index contributed by atoms with van der Waals surface area (Å²) in [6, 6.07) is 23.0. The Labute approximate surface area is 225 Å². The van der Waals surface area contributed by atoms with E-state index in [9.17, 15) is 10.1 Å². The maximum atomic E-state index is 13.1. The van der Waals surface area contributed by atoms with Gasteiger partial charge in [0.05, 0.1) is 12.8 Å². The van der Waals surface area contributed by atoms with E-state index < -0.39 is 12.1 Å². The Morgan fingerprint density at radius 1 is 0.795 bits per heavy atom. The van der Waals surface area contributed by atoms with Crippen molar-refractivity contribution in [2.75, 3.05) is 20.2 Å². The zero-order valence-corrected chi connectivity index (χ0v) is 21.6. The second kappa shape index (κ2) is 8.43. The van der Waals surface area contributed by atoms with Crippen molar-refractivity contribution in [3.8, 4) is 5.75 Å². The van der Waals surface area contributed by atoms with E-state index in [1.54, 1.807) is 7.11 Å². The molecule has 3 aliphatic heterocycles. The molecule has 5 aromatic rings. The number of aromatic nitrogens is 2. The van der Waals surface area contributed by atoms with Crippen LogP contribution in [0.2, 0.25) is 0 Å². The summed E-state index contributed by atoms with van der Waals surface area (Å²) in [4.78, 5) is 25.2. The van der Waals surface area contributed by atoms with Crippen molar-refractivity contribution < 1.29 is 9.66 Å². The van der Waals surface area contributed by atoms with Crippen molar-refractivity contribution >= 4 is 21.8 Å². The fraction of sp³-hybridized carbons (Fsp3) is 0.290. The smallest absolute Gasteiger partial charge is 0.253 e. The van der Waals surface area contributed by atoms with Crippen molar-refractivity contribution in [1.29, 1.82) is 0 Å². The molecule has 2 aromatic heterocycles. The Balaban J connectivity index is 1.37. The molecule has 0 unspecified atom stereocenters. The van der Waals surface area contributed by atoms with Crippen LogP contribution in [0.15, 0.2) is 72.8 Å². The summed E-state index contributed by atoms with van der Waals surface area (Å²) in [5, 5.41) is 15.5. The highest BCUT2D eigenvalue weighted by atomic mass is 16.6. The number of ether oxygens (including phenoxy) is 1. The van der Waals surface area contributed by atoms with E-state index in [2.05, 4.69) is 62.2 Å². The van der Waals surface area contributed by atoms with E-state index in [0.29, 0.717) is 0 Å². The average molecular weight is 520 g/mol. The Hall–Kier alpha value is -4.14. The molecule has 3 aliphatic rings. The number of rotatable bonds is 3. The number of fused-ring (bicyclic) bond motifs is 11. The first-order valence-electron chi connectivity index (χ1n) is 13.6. The van der Waals surface area contributed by atoms with Gasteiger partial charge >= 0.3 is 0 Å². The van der Waals surface area contributed by atoms with E-state index >= 15 is 0 Å². The lowest BCUT2D eigenvalue weighted by molar-refractivity contribution is -0.550. The first kappa shape index (κ1) is 22.8. The summed E-state index contributed by atoms with van der Waals surface area (Å²) >= 11 is 0. The van der Waals surface area contributed by atoms with Crippen LogP contribution in [0.1, 0.15) is 46.3 Å². The molecule has 4 atom stereocenters. The normalized spacial score (nSPS) is 24.6. The number of benzene rings is 3. The van der Waals surface area contributed by atoms with E-state index in [-0.39, 0.29) is 17.1 Å². The molecule has 1 saturated heterocycles. The fourth-order valence-corrected chi connectivity index (χ4v) is 7.61. The number of hydrogen-bond donors (Lipinski definition) is 2. The van der Waals surface area contributed by atoms with Gasteiger partial charge in [0.25, 0.3) is 6.04 Å². The highest BCUT2D eigenvalue weighted by molar-refractivity contribution is 5.86. The average Bonchev–Trinajstić information content (AvgIpc) is 3.54. The van der Waals surface area contributed by atoms with Crippen molar-refractivity contribution in [3.63, 3.8) is 0 Å². The van der Waals surface area contributed by atoms with E-state index in [1.807, 2.05) is 30.3 Å². The standard InChI is InChI=1S/C31H29N5O3/c1-39-19-12-10-18(11-13-19)28-30(36(37)38)29-26-22(20-6-2-4-8-24(20)32-26)14-17-35(29)31-27-23(15-16-34(28)31)21-7-3-5-9-25(21)33-27/h2-13,28-33H,14-17H2,1H3/t28-,29+,30-,31-/m0/s1. The summed E-state index contributed by atoms with van der Waals surface area (Å²) < 4.78 is 5.42. The SMILES string of the molecule is COc1ccc([C@H]2[C@H]([N+](=O)[O-])[C@H]3c4[nH]c5ccccc5c4CCN3[C@H]3c4[nH]c5ccccc5c4CCN32)cc1. The third-order valence-electron chi connectivity index (χ3n) is 9.18. The molecular formula is C31H29N5O3. The molecule has 2 N–H and O–H groups in total. The van der Waals surface area contributed by atoms with Gasteiger partial charge in [0, 0.05) is 45.5 Å². The molecule has 0 saturated carbocycles. The zero-order chi connectivity index (χ0) is 26.2. The highest BCUT2D eigenvalue weighted by Gasteiger charge is 2.58. The zero-order valence-electron chi connectivity index (χ0n) is 21.6. The topological polar surface area (TPSA) is 90.4 Å². The number of methoxy groups -OCH3 is 1. The number of hydrogen-bond acceptors (Lipinski definition) is 5. The van der Waals surface area contributed by atoms with Crippen molar-refractivity contribution in [3.05, 3.63) is 111 Å². The van der Waals surface area contributed by atoms with Crippen LogP contribution in [0, 0.1) is 10.1 Å². The fourth-order valence-electron chi connectivity index (χ4n) is 7.61. The molecule has 5 heterocycles. The highest BCUT2D eigenvalue weighted by Crippen LogP contribution is 2.54. The van der Waals surface area contributed by atoms with Crippen molar-refractivity contribution in [2.24, 2.45) is 0 Å². The van der Waals surface area contributed by atoms with Crippen LogP contribution in [-0.4, -0.2) is 50.9 Å². The van der Waals surface area contributed by atoms with Crippen LogP contribution in [0.25, 0.3) is 21.8 Å². The van der Waals surface area contributed by atoms with Gasteiger partial charge in [-0.3, -0.25) is 19.9 Å². The second-order valence-electron chi connectivity index (χ2n) is 10.9. The molecule has 3 aromatic carbocycles. The predicted molar refractivity (Wildman–Crippen MR) is 149 cm³/mol. The largest absolute Gasteiger partial charge is 0.497 e. The van der Waals surface area contributed by atoms with Gasteiger partial charge in [0.1, 0.15) is 24.0 Å². The van der Waals surface area contributed by atoms with Crippen LogP contribution in [0.5, 0.6) is 5.75 Å². The molecule has 0 aliphatic carbocycles. The molecule has 196 valence electrons. The van der Waals surface area contributed by atoms with Crippen LogP contribution in [0.3, 0.4) is 0 Å². The first-order chi connectivity index (χ1) is 19.1. The van der Waals surface area contributed by atoms with Gasteiger partial charge in [0.2, 0.25) is 0 Å². The summed E-state index contributed by atoms with van der Waals surface area (Å²) in [6.07, 6.45) is 1.62. The number of aromatic amines is 2. The monoisotopic (exact) mass is 519 g/mol. The van der Waals surface area contributed by atoms with Crippen LogP contribution in [-0.2, 0) is 12.8 Å². The molecule has 0 spiro atoms. The molecule has 0 amide bonds. The maximum absolute atomic E-state index is 13.1. The third kappa shape index (κ3) is 3.19. The molecule has 8 nitrogen and oxygen atoms in total. The van der Waals surface area contributed by atoms with Crippen LogP contribution >= 0.6 is 0 Å². The van der Waals surface area contributed by atoms with Gasteiger partial charge in [-0.25, -0.2) is 0 Å². The summed E-state index contributed by atoms with van der Waals surface area (Å²) in [5.74, 6) is 0.748. The van der Waals surface area contributed by atoms with Gasteiger partial charge < -0.3 is 14.7 Å². The molecular weight excluding hydrogens is 490 g/mol. The van der Waals surface area contributed by atoms with Gasteiger partial charge in [-0.05, 0) is 53.8 Å². The minimum absolute atomic E-state index is 0.0376. The van der Waals surface area contributed by atoms with E-state index in [1.165, 1.54) is 27.6 Å². The summed E-state index contributed by atoms with van der Waals surface area (Å²) in [6.45, 7) is 1.51. The van der Waals surface area contributed by atoms with Gasteiger partial charge in [-0.15, -0.1) is 0 Å². The molecule has 0 bridgehead atoms. The predicted octanol–water partition coefficient (Wildman–Crippen LogP) is 5.51. The second-order valence-corrected chi connectivity index (χ2v) is 10.9. The van der Waals surface area contributed by atoms with Crippen LogP contribution in [0.4, 0.5) is 0 Å². The number of nitrogens with zero attached hydrogens (tertiary/aromatic N) is 3. The van der Waals surface area contributed by atoms with Crippen molar-refractivity contribution in [2.45, 2.75) is 37.1 Å². The molecule has 1 fully saturated rings. The molecule has 8 rings (SSSR count). The van der Waals surface area contributed by atoms with Crippen LogP contribution < -0.4 is 4.74 Å². The van der Waals surface area contributed by atoms with Crippen molar-refractivity contribution in [1.82, 2.24) is 19.8 Å². The molecule has 8 heteroatoms. The van der Waals surface area contributed by atoms with Gasteiger partial charge in [-0.2, -0.15) is 0 Å². The Bertz CT molecular complexity index is 1740. The Kier molecular flexibility index (Phi) is 4.93. The lowest BCUT2D eigenvalue weighted by Crippen LogP contribution is -2.62. The number of H-pyrrole nitrogens is 2. The molecule has 39 heavy (non-hydrogen) atoms. The van der Waals surface area contributed by atoms with Gasteiger partial charge in [-0.1, -0.05) is 48.5 Å². The maximum Gasteiger partial charge on any atom is 0.253 e. The quantitative estimate of drug-likeness (QED) is 0.242. The first-order valence-corrected chi connectivity index (χ1v) is 13.6. The summed E-state index contributed by atoms with van der Waals surface area (Å²) in [7, 11) is 1.64. The lowest BCUT2D eigenvalue weighted by atomic mass is 9.80. The Morgan fingerprint density at radius 2 is 1.36 bits per heavy atom. The number of nitro groups is 1.